The summed E-state index contributed by atoms with van der Waals surface area (Å²) in [6.45, 7) is 1.46. The standard InChI is InChI=1S/C10H11BrN2O4/c1-6(10(14)15)12(2)9-7(11)4-3-5-8(9)13(16)17/h3-6H,1-2H3,(H,14,15)/t6-/m0/s1. The Labute approximate surface area is 106 Å². The van der Waals surface area contributed by atoms with E-state index in [1.807, 2.05) is 0 Å². The first-order chi connectivity index (χ1) is 7.86. The molecule has 1 N–H and O–H groups in total. The van der Waals surface area contributed by atoms with Crippen molar-refractivity contribution in [3.05, 3.63) is 32.8 Å². The van der Waals surface area contributed by atoms with Gasteiger partial charge in [0.05, 0.1) is 4.92 Å². The van der Waals surface area contributed by atoms with Crippen molar-refractivity contribution in [2.45, 2.75) is 13.0 Å². The zero-order valence-corrected chi connectivity index (χ0v) is 10.8. The molecule has 0 radical (unpaired) electrons. The highest BCUT2D eigenvalue weighted by molar-refractivity contribution is 9.10. The molecule has 0 aliphatic rings. The van der Waals surface area contributed by atoms with Crippen LogP contribution >= 0.6 is 15.9 Å². The highest BCUT2D eigenvalue weighted by Crippen LogP contribution is 2.35. The van der Waals surface area contributed by atoms with Crippen molar-refractivity contribution in [3.8, 4) is 0 Å². The van der Waals surface area contributed by atoms with Crippen molar-refractivity contribution in [3.63, 3.8) is 0 Å². The summed E-state index contributed by atoms with van der Waals surface area (Å²) < 4.78 is 0.488. The van der Waals surface area contributed by atoms with Gasteiger partial charge in [0.15, 0.2) is 0 Å². The number of halogens is 1. The van der Waals surface area contributed by atoms with E-state index in [2.05, 4.69) is 15.9 Å². The van der Waals surface area contributed by atoms with E-state index in [0.29, 0.717) is 4.47 Å². The predicted molar refractivity (Wildman–Crippen MR) is 66.3 cm³/mol. The molecule has 1 rings (SSSR count). The van der Waals surface area contributed by atoms with E-state index in [1.54, 1.807) is 6.07 Å². The van der Waals surface area contributed by atoms with Gasteiger partial charge in [-0.2, -0.15) is 0 Å². The zero-order chi connectivity index (χ0) is 13.2. The van der Waals surface area contributed by atoms with Gasteiger partial charge < -0.3 is 10.0 Å². The lowest BCUT2D eigenvalue weighted by Crippen LogP contribution is -2.36. The maximum absolute atomic E-state index is 10.9. The maximum atomic E-state index is 10.9. The molecule has 0 saturated heterocycles. The summed E-state index contributed by atoms with van der Waals surface area (Å²) in [5, 5.41) is 19.8. The minimum absolute atomic E-state index is 0.130. The molecule has 0 saturated carbocycles. The Bertz CT molecular complexity index is 464. The van der Waals surface area contributed by atoms with E-state index < -0.39 is 16.9 Å². The van der Waals surface area contributed by atoms with Crippen LogP contribution in [0.1, 0.15) is 6.92 Å². The molecule has 1 aromatic rings. The Balaban J connectivity index is 3.29. The quantitative estimate of drug-likeness (QED) is 0.681. The van der Waals surface area contributed by atoms with Crippen LogP contribution in [-0.2, 0) is 4.79 Å². The summed E-state index contributed by atoms with van der Waals surface area (Å²) in [5.74, 6) is -1.04. The Morgan fingerprint density at radius 2 is 2.18 bits per heavy atom. The van der Waals surface area contributed by atoms with Gasteiger partial charge in [0, 0.05) is 17.6 Å². The fourth-order valence-electron chi connectivity index (χ4n) is 1.36. The summed E-state index contributed by atoms with van der Waals surface area (Å²) in [7, 11) is 1.51. The molecule has 0 aromatic heterocycles. The molecule has 92 valence electrons. The Morgan fingerprint density at radius 3 is 2.65 bits per heavy atom. The number of benzene rings is 1. The molecule has 6 nitrogen and oxygen atoms in total. The van der Waals surface area contributed by atoms with Crippen molar-refractivity contribution in [1.82, 2.24) is 0 Å². The van der Waals surface area contributed by atoms with Gasteiger partial charge in [-0.3, -0.25) is 10.1 Å². The number of carboxylic acid groups (broad SMARTS) is 1. The van der Waals surface area contributed by atoms with Crippen LogP contribution in [0.2, 0.25) is 0 Å². The minimum Gasteiger partial charge on any atom is -0.480 e. The average molecular weight is 303 g/mol. The molecule has 0 unspecified atom stereocenters. The molecule has 0 fully saturated rings. The number of rotatable bonds is 4. The van der Waals surface area contributed by atoms with Crippen molar-refractivity contribution in [2.75, 3.05) is 11.9 Å². The Morgan fingerprint density at radius 1 is 1.59 bits per heavy atom. The first-order valence-corrected chi connectivity index (χ1v) is 5.54. The fraction of sp³-hybridized carbons (Fsp3) is 0.300. The van der Waals surface area contributed by atoms with Crippen molar-refractivity contribution in [2.24, 2.45) is 0 Å². The highest BCUT2D eigenvalue weighted by atomic mass is 79.9. The van der Waals surface area contributed by atoms with Crippen molar-refractivity contribution < 1.29 is 14.8 Å². The van der Waals surface area contributed by atoms with Crippen LogP contribution in [0.3, 0.4) is 0 Å². The number of carbonyl (C=O) groups is 1. The van der Waals surface area contributed by atoms with E-state index in [1.165, 1.54) is 31.0 Å². The molecule has 0 bridgehead atoms. The lowest BCUT2D eigenvalue weighted by Gasteiger charge is -2.24. The monoisotopic (exact) mass is 302 g/mol. The van der Waals surface area contributed by atoms with E-state index in [4.69, 9.17) is 5.11 Å². The van der Waals surface area contributed by atoms with Crippen LogP contribution in [0.15, 0.2) is 22.7 Å². The summed E-state index contributed by atoms with van der Waals surface area (Å²) in [6, 6.07) is 3.65. The molecule has 1 atom stereocenters. The van der Waals surface area contributed by atoms with Crippen molar-refractivity contribution in [1.29, 1.82) is 0 Å². The number of anilines is 1. The highest BCUT2D eigenvalue weighted by Gasteiger charge is 2.26. The number of nitrogens with zero attached hydrogens (tertiary/aromatic N) is 2. The second kappa shape index (κ2) is 5.13. The molecule has 0 heterocycles. The Hall–Kier alpha value is -1.63. The van der Waals surface area contributed by atoms with Gasteiger partial charge in [-0.05, 0) is 28.9 Å². The van der Waals surface area contributed by atoms with Gasteiger partial charge in [0.25, 0.3) is 5.69 Å². The largest absolute Gasteiger partial charge is 0.480 e. The number of carboxylic acids is 1. The topological polar surface area (TPSA) is 83.7 Å². The molecule has 0 amide bonds. The second-order valence-corrected chi connectivity index (χ2v) is 4.34. The van der Waals surface area contributed by atoms with Gasteiger partial charge in [-0.1, -0.05) is 6.07 Å². The van der Waals surface area contributed by atoms with Crippen LogP contribution in [0, 0.1) is 10.1 Å². The Kier molecular flexibility index (Phi) is 4.06. The first kappa shape index (κ1) is 13.4. The summed E-state index contributed by atoms with van der Waals surface area (Å²) >= 11 is 3.19. The molecule has 17 heavy (non-hydrogen) atoms. The number of nitro benzene ring substituents is 1. The summed E-state index contributed by atoms with van der Waals surface area (Å²) in [6.07, 6.45) is 0. The van der Waals surface area contributed by atoms with Crippen LogP contribution in [0.5, 0.6) is 0 Å². The van der Waals surface area contributed by atoms with Crippen LogP contribution in [0.4, 0.5) is 11.4 Å². The van der Waals surface area contributed by atoms with Gasteiger partial charge in [-0.25, -0.2) is 4.79 Å². The number of aliphatic carboxylic acids is 1. The number of hydrogen-bond donors (Lipinski definition) is 1. The predicted octanol–water partition coefficient (Wildman–Crippen LogP) is 2.27. The molecular formula is C10H11BrN2O4. The fourth-order valence-corrected chi connectivity index (χ4v) is 2.00. The van der Waals surface area contributed by atoms with Crippen LogP contribution in [0.25, 0.3) is 0 Å². The molecule has 0 aliphatic heterocycles. The smallest absolute Gasteiger partial charge is 0.326 e. The third kappa shape index (κ3) is 2.73. The average Bonchev–Trinajstić information content (AvgIpc) is 2.26. The molecule has 0 aliphatic carbocycles. The second-order valence-electron chi connectivity index (χ2n) is 3.49. The molecule has 7 heteroatoms. The summed E-state index contributed by atoms with van der Waals surface area (Å²) in [4.78, 5) is 22.6. The van der Waals surface area contributed by atoms with Crippen LogP contribution < -0.4 is 4.90 Å². The van der Waals surface area contributed by atoms with E-state index in [0.717, 1.165) is 0 Å². The van der Waals surface area contributed by atoms with Gasteiger partial charge >= 0.3 is 5.97 Å². The first-order valence-electron chi connectivity index (χ1n) is 4.74. The number of likely N-dealkylation sites (N-methyl/N-ethyl adjacent to an activating group) is 1. The van der Waals surface area contributed by atoms with Crippen molar-refractivity contribution >= 4 is 33.3 Å². The third-order valence-electron chi connectivity index (χ3n) is 2.45. The zero-order valence-electron chi connectivity index (χ0n) is 9.25. The van der Waals surface area contributed by atoms with Gasteiger partial charge in [0.2, 0.25) is 0 Å². The molecular weight excluding hydrogens is 292 g/mol. The van der Waals surface area contributed by atoms with E-state index in [-0.39, 0.29) is 11.4 Å². The maximum Gasteiger partial charge on any atom is 0.326 e. The number of nitro groups is 1. The van der Waals surface area contributed by atoms with E-state index in [9.17, 15) is 14.9 Å². The SMILES string of the molecule is C[C@@H](C(=O)O)N(C)c1c(Br)cccc1[N+](=O)[O-]. The number of para-hydroxylation sites is 1. The molecule has 1 aromatic carbocycles. The minimum atomic E-state index is -1.04. The van der Waals surface area contributed by atoms with E-state index >= 15 is 0 Å². The normalized spacial score (nSPS) is 11.9. The van der Waals surface area contributed by atoms with Gasteiger partial charge in [-0.15, -0.1) is 0 Å². The van der Waals surface area contributed by atoms with Crippen LogP contribution in [-0.4, -0.2) is 29.1 Å². The third-order valence-corrected chi connectivity index (χ3v) is 3.09. The summed E-state index contributed by atoms with van der Waals surface area (Å²) in [5.41, 5.74) is 0.127. The lowest BCUT2D eigenvalue weighted by atomic mass is 10.2. The lowest BCUT2D eigenvalue weighted by molar-refractivity contribution is -0.384. The number of hydrogen-bond acceptors (Lipinski definition) is 4. The van der Waals surface area contributed by atoms with Gasteiger partial charge in [0.1, 0.15) is 11.7 Å². The molecule has 0 spiro atoms.